The van der Waals surface area contributed by atoms with Crippen LogP contribution < -0.4 is 35.0 Å². The molecular weight excluding hydrogens is 474 g/mol. The van der Waals surface area contributed by atoms with Gasteiger partial charge in [-0.3, -0.25) is 4.79 Å². The van der Waals surface area contributed by atoms with Crippen LogP contribution in [-0.4, -0.2) is 33.0 Å². The fourth-order valence-corrected chi connectivity index (χ4v) is 4.61. The van der Waals surface area contributed by atoms with Crippen molar-refractivity contribution in [3.63, 3.8) is 0 Å². The Morgan fingerprint density at radius 1 is 0.973 bits per heavy atom. The molecule has 0 saturated carbocycles. The summed E-state index contributed by atoms with van der Waals surface area (Å²) in [6.07, 6.45) is 0.570. The van der Waals surface area contributed by atoms with Crippen LogP contribution in [-0.2, 0) is 13.0 Å². The van der Waals surface area contributed by atoms with Crippen molar-refractivity contribution < 1.29 is 23.7 Å². The van der Waals surface area contributed by atoms with E-state index < -0.39 is 5.92 Å². The van der Waals surface area contributed by atoms with Crippen molar-refractivity contribution >= 4 is 0 Å². The maximum absolute atomic E-state index is 14.0. The molecule has 0 saturated heterocycles. The Kier molecular flexibility index (Phi) is 7.30. The van der Waals surface area contributed by atoms with Crippen molar-refractivity contribution in [2.45, 2.75) is 25.8 Å². The van der Waals surface area contributed by atoms with Crippen LogP contribution in [0.2, 0.25) is 0 Å². The fourth-order valence-electron chi connectivity index (χ4n) is 4.61. The third-order valence-electron chi connectivity index (χ3n) is 6.51. The van der Waals surface area contributed by atoms with E-state index in [-0.39, 0.29) is 17.0 Å². The van der Waals surface area contributed by atoms with Crippen molar-refractivity contribution in [3.05, 3.63) is 86.7 Å². The summed E-state index contributed by atoms with van der Waals surface area (Å²) in [5.41, 5.74) is 8.64. The molecule has 0 spiro atoms. The van der Waals surface area contributed by atoms with Gasteiger partial charge in [-0.25, -0.2) is 0 Å². The molecule has 2 aromatic carbocycles. The highest BCUT2D eigenvalue weighted by molar-refractivity contribution is 5.59. The number of nitriles is 1. The number of fused-ring (bicyclic) bond motifs is 1. The van der Waals surface area contributed by atoms with E-state index in [9.17, 15) is 10.1 Å². The Morgan fingerprint density at radius 2 is 1.70 bits per heavy atom. The summed E-state index contributed by atoms with van der Waals surface area (Å²) < 4.78 is 29.1. The van der Waals surface area contributed by atoms with Crippen molar-refractivity contribution in [2.24, 2.45) is 5.73 Å². The topological polar surface area (TPSA) is 118 Å². The zero-order valence-electron chi connectivity index (χ0n) is 21.5. The molecule has 9 heteroatoms. The van der Waals surface area contributed by atoms with Gasteiger partial charge in [0.25, 0.3) is 5.56 Å². The van der Waals surface area contributed by atoms with E-state index >= 15 is 0 Å². The summed E-state index contributed by atoms with van der Waals surface area (Å²) >= 11 is 0. The molecule has 2 heterocycles. The Bertz CT molecular complexity index is 1470. The van der Waals surface area contributed by atoms with Crippen molar-refractivity contribution in [3.8, 4) is 34.8 Å². The molecule has 0 bridgehead atoms. The van der Waals surface area contributed by atoms with Gasteiger partial charge in [0, 0.05) is 29.9 Å². The normalized spacial score (nSPS) is 14.3. The number of rotatable bonds is 8. The SMILES string of the molecule is COc1ccc([C@@H]2C(C#N)=C(N)Oc3cc(C)n(CCc4ccc(OC)c(OC)c4)c(=O)c32)c(OC)c1. The Hall–Kier alpha value is -4.58. The van der Waals surface area contributed by atoms with E-state index in [4.69, 9.17) is 29.4 Å². The van der Waals surface area contributed by atoms with E-state index in [0.717, 1.165) is 5.56 Å². The molecule has 192 valence electrons. The lowest BCUT2D eigenvalue weighted by Gasteiger charge is -2.28. The summed E-state index contributed by atoms with van der Waals surface area (Å²) in [5.74, 6) is 1.82. The van der Waals surface area contributed by atoms with E-state index in [2.05, 4.69) is 6.07 Å². The average Bonchev–Trinajstić information content (AvgIpc) is 2.91. The van der Waals surface area contributed by atoms with Crippen molar-refractivity contribution in [2.75, 3.05) is 28.4 Å². The number of methoxy groups -OCH3 is 4. The van der Waals surface area contributed by atoms with Gasteiger partial charge in [-0.2, -0.15) is 5.26 Å². The predicted octanol–water partition coefficient (Wildman–Crippen LogP) is 3.65. The van der Waals surface area contributed by atoms with Crippen LogP contribution in [0.3, 0.4) is 0 Å². The van der Waals surface area contributed by atoms with Gasteiger partial charge in [0.15, 0.2) is 11.5 Å². The van der Waals surface area contributed by atoms with Gasteiger partial charge >= 0.3 is 0 Å². The maximum atomic E-state index is 14.0. The molecule has 4 rings (SSSR count). The minimum Gasteiger partial charge on any atom is -0.497 e. The monoisotopic (exact) mass is 503 g/mol. The van der Waals surface area contributed by atoms with E-state index in [1.165, 1.54) is 7.11 Å². The van der Waals surface area contributed by atoms with Gasteiger partial charge in [0.05, 0.1) is 39.9 Å². The van der Waals surface area contributed by atoms with Crippen LogP contribution in [0.4, 0.5) is 0 Å². The first-order valence-corrected chi connectivity index (χ1v) is 11.6. The van der Waals surface area contributed by atoms with Crippen LogP contribution in [0.15, 0.2) is 58.7 Å². The molecule has 0 radical (unpaired) electrons. The highest BCUT2D eigenvalue weighted by atomic mass is 16.5. The van der Waals surface area contributed by atoms with Gasteiger partial charge in [-0.05, 0) is 37.1 Å². The minimum atomic E-state index is -0.768. The predicted molar refractivity (Wildman–Crippen MR) is 138 cm³/mol. The summed E-state index contributed by atoms with van der Waals surface area (Å²) in [5, 5.41) is 9.98. The van der Waals surface area contributed by atoms with Crippen LogP contribution in [0, 0.1) is 18.3 Å². The molecule has 0 amide bonds. The molecule has 1 aliphatic heterocycles. The van der Waals surface area contributed by atoms with Crippen molar-refractivity contribution in [1.82, 2.24) is 4.57 Å². The number of nitrogens with two attached hydrogens (primary N) is 1. The van der Waals surface area contributed by atoms with Crippen LogP contribution in [0.25, 0.3) is 0 Å². The maximum Gasteiger partial charge on any atom is 0.258 e. The second-order valence-corrected chi connectivity index (χ2v) is 8.49. The van der Waals surface area contributed by atoms with Crippen LogP contribution >= 0.6 is 0 Å². The van der Waals surface area contributed by atoms with E-state index in [0.29, 0.717) is 58.5 Å². The number of hydrogen-bond acceptors (Lipinski definition) is 8. The molecule has 9 nitrogen and oxygen atoms in total. The lowest BCUT2D eigenvalue weighted by Crippen LogP contribution is -2.33. The van der Waals surface area contributed by atoms with Gasteiger partial charge in [0.2, 0.25) is 5.88 Å². The number of nitrogens with zero attached hydrogens (tertiary/aromatic N) is 2. The molecule has 1 aliphatic rings. The summed E-state index contributed by atoms with van der Waals surface area (Å²) in [6.45, 7) is 2.24. The Balaban J connectivity index is 1.81. The third kappa shape index (κ3) is 4.66. The zero-order chi connectivity index (χ0) is 26.7. The quantitative estimate of drug-likeness (QED) is 0.495. The first-order chi connectivity index (χ1) is 17.9. The van der Waals surface area contributed by atoms with Gasteiger partial charge in [-0.1, -0.05) is 12.1 Å². The number of benzene rings is 2. The standard InChI is InChI=1S/C28H29N3O6/c1-16-12-24-26(28(32)31(16)11-10-17-6-9-21(34-3)23(13-17)36-5)25(20(15-29)27(30)37-24)19-8-7-18(33-2)14-22(19)35-4/h6-9,12-14,25H,10-11,30H2,1-5H3/t25-/m1/s1. The van der Waals surface area contributed by atoms with Gasteiger partial charge in [0.1, 0.15) is 28.9 Å². The largest absolute Gasteiger partial charge is 0.497 e. The molecule has 1 aromatic heterocycles. The minimum absolute atomic E-state index is 0.0419. The second-order valence-electron chi connectivity index (χ2n) is 8.49. The number of allylic oxidation sites excluding steroid dienone is 1. The average molecular weight is 504 g/mol. The number of aryl methyl sites for hydroxylation is 2. The van der Waals surface area contributed by atoms with Crippen LogP contribution in [0.1, 0.15) is 28.3 Å². The summed E-state index contributed by atoms with van der Waals surface area (Å²) in [7, 11) is 6.24. The molecule has 3 aromatic rings. The Labute approximate surface area is 215 Å². The van der Waals surface area contributed by atoms with Crippen molar-refractivity contribution in [1.29, 1.82) is 5.26 Å². The number of aromatic nitrogens is 1. The number of ether oxygens (including phenoxy) is 5. The van der Waals surface area contributed by atoms with Gasteiger partial charge < -0.3 is 34.0 Å². The smallest absolute Gasteiger partial charge is 0.258 e. The van der Waals surface area contributed by atoms with E-state index in [1.807, 2.05) is 25.1 Å². The van der Waals surface area contributed by atoms with Gasteiger partial charge in [-0.15, -0.1) is 0 Å². The molecule has 1 atom stereocenters. The molecule has 37 heavy (non-hydrogen) atoms. The molecule has 2 N–H and O–H groups in total. The molecular formula is C28H29N3O6. The molecule has 0 aliphatic carbocycles. The second kappa shape index (κ2) is 10.6. The Morgan fingerprint density at radius 3 is 2.35 bits per heavy atom. The summed E-state index contributed by atoms with van der Waals surface area (Å²) in [6, 6.07) is 14.8. The van der Waals surface area contributed by atoms with E-state index in [1.54, 1.807) is 50.2 Å². The molecule has 0 unspecified atom stereocenters. The third-order valence-corrected chi connectivity index (χ3v) is 6.51. The fraction of sp³-hybridized carbons (Fsp3) is 0.286. The number of pyridine rings is 1. The molecule has 0 fully saturated rings. The first-order valence-electron chi connectivity index (χ1n) is 11.6. The lowest BCUT2D eigenvalue weighted by molar-refractivity contribution is 0.354. The number of hydrogen-bond donors (Lipinski definition) is 1. The van der Waals surface area contributed by atoms with Crippen LogP contribution in [0.5, 0.6) is 28.7 Å². The lowest BCUT2D eigenvalue weighted by atomic mass is 9.83. The highest BCUT2D eigenvalue weighted by Gasteiger charge is 2.36. The summed E-state index contributed by atoms with van der Waals surface area (Å²) in [4.78, 5) is 14.0. The highest BCUT2D eigenvalue weighted by Crippen LogP contribution is 2.44. The zero-order valence-corrected chi connectivity index (χ0v) is 21.5. The first kappa shape index (κ1) is 25.5.